The van der Waals surface area contributed by atoms with Gasteiger partial charge in [0.2, 0.25) is 0 Å². The fourth-order valence-corrected chi connectivity index (χ4v) is 4.54. The number of hydrogen-bond donors (Lipinski definition) is 1. The maximum atomic E-state index is 11.7. The molecule has 0 heterocycles. The third kappa shape index (κ3) is 52.9. The monoisotopic (exact) mass is 833 g/mol. The highest BCUT2D eigenvalue weighted by Gasteiger charge is 2.03. The van der Waals surface area contributed by atoms with Crippen LogP contribution in [-0.2, 0) is 75.8 Å². The summed E-state index contributed by atoms with van der Waals surface area (Å²) >= 11 is 0. The van der Waals surface area contributed by atoms with Crippen LogP contribution in [0.1, 0.15) is 58.3 Å². The zero-order valence-electron chi connectivity index (χ0n) is 35.3. The first-order valence-electron chi connectivity index (χ1n) is 21.2. The number of carbonyl (C=O) groups is 1. The van der Waals surface area contributed by atoms with E-state index in [9.17, 15) is 4.79 Å². The van der Waals surface area contributed by atoms with Crippen LogP contribution in [0.4, 0.5) is 0 Å². The maximum absolute atomic E-state index is 11.7. The molecular weight excluding hydrogens is 752 g/mol. The number of ether oxygens (including phenoxy) is 15. The lowest BCUT2D eigenvalue weighted by molar-refractivity contribution is -0.145. The van der Waals surface area contributed by atoms with E-state index in [0.717, 1.165) is 12.8 Å². The molecule has 0 fully saturated rings. The second-order valence-electron chi connectivity index (χ2n) is 12.4. The predicted octanol–water partition coefficient (Wildman–Crippen LogP) is 2.90. The van der Waals surface area contributed by atoms with Gasteiger partial charge in [-0.1, -0.05) is 45.4 Å². The van der Waals surface area contributed by atoms with Crippen molar-refractivity contribution in [1.29, 1.82) is 0 Å². The molecule has 0 saturated heterocycles. The predicted molar refractivity (Wildman–Crippen MR) is 212 cm³/mol. The van der Waals surface area contributed by atoms with E-state index in [4.69, 9.17) is 76.2 Å². The summed E-state index contributed by atoms with van der Waals surface area (Å²) in [5.74, 6) is -0.144. The zero-order chi connectivity index (χ0) is 41.1. The molecule has 0 aromatic rings. The van der Waals surface area contributed by atoms with Gasteiger partial charge in [-0.2, -0.15) is 0 Å². The van der Waals surface area contributed by atoms with Gasteiger partial charge in [-0.05, 0) is 6.42 Å². The van der Waals surface area contributed by atoms with Gasteiger partial charge in [-0.3, -0.25) is 4.79 Å². The summed E-state index contributed by atoms with van der Waals surface area (Å²) < 4.78 is 81.3. The minimum atomic E-state index is -0.144. The van der Waals surface area contributed by atoms with Gasteiger partial charge in [0.15, 0.2) is 0 Å². The molecule has 1 N–H and O–H groups in total. The zero-order valence-corrected chi connectivity index (χ0v) is 35.3. The third-order valence-electron chi connectivity index (χ3n) is 7.55. The van der Waals surface area contributed by atoms with Crippen LogP contribution in [0.5, 0.6) is 0 Å². The van der Waals surface area contributed by atoms with E-state index >= 15 is 0 Å². The van der Waals surface area contributed by atoms with Crippen molar-refractivity contribution in [2.24, 2.45) is 0 Å². The molecule has 0 saturated carbocycles. The highest BCUT2D eigenvalue weighted by molar-refractivity contribution is 5.69. The molecule has 0 aromatic carbocycles. The number of esters is 1. The minimum Gasteiger partial charge on any atom is -0.463 e. The van der Waals surface area contributed by atoms with E-state index in [1.807, 2.05) is 0 Å². The molecule has 0 aliphatic carbocycles. The summed E-state index contributed by atoms with van der Waals surface area (Å²) in [4.78, 5) is 11.7. The molecule has 17 nitrogen and oxygen atoms in total. The molecule has 0 radical (unpaired) electrons. The van der Waals surface area contributed by atoms with E-state index in [1.54, 1.807) is 0 Å². The number of aliphatic hydroxyl groups is 1. The Balaban J connectivity index is 3.09. The molecule has 0 rings (SSSR count). The van der Waals surface area contributed by atoms with Crippen molar-refractivity contribution in [3.8, 4) is 0 Å². The Kier molecular flexibility index (Phi) is 51.8. The molecule has 0 aromatic heterocycles. The average molecular weight is 833 g/mol. The van der Waals surface area contributed by atoms with Gasteiger partial charge in [0.05, 0.1) is 192 Å². The highest BCUT2D eigenvalue weighted by atomic mass is 16.6. The van der Waals surface area contributed by atoms with Crippen molar-refractivity contribution in [2.45, 2.75) is 58.3 Å². The van der Waals surface area contributed by atoms with Crippen LogP contribution in [0.25, 0.3) is 0 Å². The summed E-state index contributed by atoms with van der Waals surface area (Å²) in [6.07, 6.45) is 8.77. The molecule has 0 unspecified atom stereocenters. The van der Waals surface area contributed by atoms with Crippen LogP contribution >= 0.6 is 0 Å². The SMILES string of the molecule is CCCCCCCCCC(=O)OCCOCCOCCOCCOCCOCCOCCOCCOCCOCCOCCOCCOCCOCCOCCO. The largest absolute Gasteiger partial charge is 0.463 e. The lowest BCUT2D eigenvalue weighted by Crippen LogP contribution is -2.16. The average Bonchev–Trinajstić information content (AvgIpc) is 3.22. The van der Waals surface area contributed by atoms with Crippen molar-refractivity contribution in [3.63, 3.8) is 0 Å². The molecule has 17 heteroatoms. The van der Waals surface area contributed by atoms with Gasteiger partial charge in [0.1, 0.15) is 6.61 Å². The van der Waals surface area contributed by atoms with Gasteiger partial charge in [-0.15, -0.1) is 0 Å². The minimum absolute atomic E-state index is 0.0211. The number of aliphatic hydroxyl groups excluding tert-OH is 1. The van der Waals surface area contributed by atoms with Crippen LogP contribution in [0, 0.1) is 0 Å². The Morgan fingerprint density at radius 1 is 0.298 bits per heavy atom. The van der Waals surface area contributed by atoms with Crippen LogP contribution in [0.3, 0.4) is 0 Å². The Labute approximate surface area is 343 Å². The second-order valence-corrected chi connectivity index (χ2v) is 12.4. The smallest absolute Gasteiger partial charge is 0.305 e. The molecule has 0 spiro atoms. The van der Waals surface area contributed by atoms with Gasteiger partial charge >= 0.3 is 5.97 Å². The molecule has 0 aliphatic rings. The normalized spacial score (nSPS) is 11.5. The first kappa shape index (κ1) is 55.9. The number of rotatable bonds is 52. The third-order valence-corrected chi connectivity index (χ3v) is 7.55. The Morgan fingerprint density at radius 2 is 0.509 bits per heavy atom. The van der Waals surface area contributed by atoms with Crippen molar-refractivity contribution in [1.82, 2.24) is 0 Å². The van der Waals surface area contributed by atoms with E-state index in [-0.39, 0.29) is 19.2 Å². The van der Waals surface area contributed by atoms with Crippen LogP contribution < -0.4 is 0 Å². The lowest BCUT2D eigenvalue weighted by atomic mass is 10.1. The summed E-state index contributed by atoms with van der Waals surface area (Å²) in [5, 5.41) is 8.59. The van der Waals surface area contributed by atoms with Gasteiger partial charge in [0, 0.05) is 6.42 Å². The Hall–Kier alpha value is -1.13. The standard InChI is InChI=1S/C40H80O17/c1-2-3-4-5-6-7-8-9-40(42)57-39-38-56-37-36-55-35-34-54-33-32-53-31-30-52-29-28-51-27-26-50-25-24-49-23-22-48-21-20-47-19-18-46-17-16-45-15-14-44-13-12-43-11-10-41/h41H,2-39H2,1H3. The van der Waals surface area contributed by atoms with E-state index in [0.29, 0.717) is 191 Å². The topological polar surface area (TPSA) is 176 Å². The van der Waals surface area contributed by atoms with Crippen LogP contribution in [-0.4, -0.2) is 209 Å². The number of unbranched alkanes of at least 4 members (excludes halogenated alkanes) is 6. The molecule has 0 amide bonds. The molecule has 342 valence electrons. The molecular formula is C40H80O17. The summed E-state index contributed by atoms with van der Waals surface area (Å²) in [7, 11) is 0. The second kappa shape index (κ2) is 52.9. The molecule has 0 bridgehead atoms. The fraction of sp³-hybridized carbons (Fsp3) is 0.975. The first-order valence-corrected chi connectivity index (χ1v) is 21.2. The van der Waals surface area contributed by atoms with E-state index < -0.39 is 0 Å². The molecule has 0 atom stereocenters. The molecule has 0 aliphatic heterocycles. The highest BCUT2D eigenvalue weighted by Crippen LogP contribution is 2.08. The summed E-state index contributed by atoms with van der Waals surface area (Å²) in [5.41, 5.74) is 0. The van der Waals surface area contributed by atoms with Crippen LogP contribution in [0.15, 0.2) is 0 Å². The molecule has 57 heavy (non-hydrogen) atoms. The quantitative estimate of drug-likeness (QED) is 0.0699. The number of carbonyl (C=O) groups excluding carboxylic acids is 1. The maximum Gasteiger partial charge on any atom is 0.305 e. The Bertz CT molecular complexity index is 740. The van der Waals surface area contributed by atoms with Crippen molar-refractivity contribution >= 4 is 5.97 Å². The lowest BCUT2D eigenvalue weighted by Gasteiger charge is -2.09. The van der Waals surface area contributed by atoms with Crippen molar-refractivity contribution < 1.29 is 81.0 Å². The van der Waals surface area contributed by atoms with Crippen molar-refractivity contribution in [2.75, 3.05) is 198 Å². The van der Waals surface area contributed by atoms with Crippen molar-refractivity contribution in [3.05, 3.63) is 0 Å². The van der Waals surface area contributed by atoms with Crippen LogP contribution in [0.2, 0.25) is 0 Å². The summed E-state index contributed by atoms with van der Waals surface area (Å²) in [6.45, 7) is 15.9. The number of hydrogen-bond acceptors (Lipinski definition) is 17. The first-order chi connectivity index (χ1) is 28.3. The van der Waals surface area contributed by atoms with Gasteiger partial charge in [-0.25, -0.2) is 0 Å². The van der Waals surface area contributed by atoms with E-state index in [1.165, 1.54) is 32.1 Å². The van der Waals surface area contributed by atoms with Gasteiger partial charge in [0.25, 0.3) is 0 Å². The Morgan fingerprint density at radius 3 is 0.754 bits per heavy atom. The van der Waals surface area contributed by atoms with E-state index in [2.05, 4.69) is 6.92 Å². The summed E-state index contributed by atoms with van der Waals surface area (Å²) in [6, 6.07) is 0. The fourth-order valence-electron chi connectivity index (χ4n) is 4.54. The van der Waals surface area contributed by atoms with Gasteiger partial charge < -0.3 is 76.2 Å².